The minimum atomic E-state index is -0.679. The second-order valence-corrected chi connectivity index (χ2v) is 2.85. The van der Waals surface area contributed by atoms with Gasteiger partial charge in [-0.3, -0.25) is 4.79 Å². The number of rotatable bonds is 3. The van der Waals surface area contributed by atoms with E-state index in [0.29, 0.717) is 12.0 Å². The molecule has 0 heterocycles. The van der Waals surface area contributed by atoms with E-state index in [0.717, 1.165) is 0 Å². The van der Waals surface area contributed by atoms with Crippen molar-refractivity contribution < 1.29 is 14.3 Å². The van der Waals surface area contributed by atoms with Crippen LogP contribution in [0.25, 0.3) is 0 Å². The summed E-state index contributed by atoms with van der Waals surface area (Å²) in [5, 5.41) is 8.88. The number of phenols is 1. The molecule has 0 aliphatic heterocycles. The van der Waals surface area contributed by atoms with E-state index in [1.807, 2.05) is 0 Å². The summed E-state index contributed by atoms with van der Waals surface area (Å²) in [6.07, 6.45) is 0.677. The maximum atomic E-state index is 12.8. The Balaban J connectivity index is 2.79. The molecule has 0 aromatic heterocycles. The molecule has 0 aliphatic carbocycles. The lowest BCUT2D eigenvalue weighted by Gasteiger charge is -2.00. The summed E-state index contributed by atoms with van der Waals surface area (Å²) < 4.78 is 12.8. The molecule has 0 saturated heterocycles. The molecule has 3 heteroatoms. The number of benzene rings is 1. The first-order valence-corrected chi connectivity index (χ1v) is 4.12. The molecule has 0 aliphatic rings. The zero-order chi connectivity index (χ0) is 9.84. The van der Waals surface area contributed by atoms with Crippen LogP contribution in [-0.4, -0.2) is 10.9 Å². The van der Waals surface area contributed by atoms with Crippen LogP contribution in [0.2, 0.25) is 0 Å². The lowest BCUT2D eigenvalue weighted by atomic mass is 10.1. The monoisotopic (exact) mass is 182 g/mol. The number of phenolic OH excluding ortho intramolecular Hbond substituents is 1. The molecule has 0 saturated carbocycles. The molecule has 1 N–H and O–H groups in total. The average Bonchev–Trinajstić information content (AvgIpc) is 2.11. The van der Waals surface area contributed by atoms with Crippen LogP contribution < -0.4 is 0 Å². The van der Waals surface area contributed by atoms with E-state index < -0.39 is 5.82 Å². The number of ketones is 1. The quantitative estimate of drug-likeness (QED) is 0.776. The highest BCUT2D eigenvalue weighted by Crippen LogP contribution is 2.16. The topological polar surface area (TPSA) is 37.3 Å². The summed E-state index contributed by atoms with van der Waals surface area (Å²) in [6.45, 7) is 1.76. The molecule has 0 fully saturated rings. The smallest absolute Gasteiger partial charge is 0.165 e. The first-order valence-electron chi connectivity index (χ1n) is 4.12. The fraction of sp³-hybridized carbons (Fsp3) is 0.300. The summed E-state index contributed by atoms with van der Waals surface area (Å²) >= 11 is 0. The van der Waals surface area contributed by atoms with Crippen LogP contribution in [0.15, 0.2) is 18.2 Å². The SMILES string of the molecule is CCC(=O)Cc1ccc(O)c(F)c1. The standard InChI is InChI=1S/C10H11FO2/c1-2-8(12)5-7-3-4-10(13)9(11)6-7/h3-4,6,13H,2,5H2,1H3. The third kappa shape index (κ3) is 2.54. The zero-order valence-corrected chi connectivity index (χ0v) is 7.38. The van der Waals surface area contributed by atoms with Gasteiger partial charge in [-0.1, -0.05) is 13.0 Å². The Morgan fingerprint density at radius 2 is 2.23 bits per heavy atom. The number of Topliss-reactive ketones (excluding diaryl/α,β-unsaturated/α-hetero) is 1. The molecule has 0 spiro atoms. The van der Waals surface area contributed by atoms with Gasteiger partial charge in [-0.05, 0) is 17.7 Å². The van der Waals surface area contributed by atoms with Crippen molar-refractivity contribution in [3.8, 4) is 5.75 Å². The second kappa shape index (κ2) is 4.03. The van der Waals surface area contributed by atoms with E-state index in [9.17, 15) is 9.18 Å². The summed E-state index contributed by atoms with van der Waals surface area (Å²) in [7, 11) is 0. The van der Waals surface area contributed by atoms with E-state index in [1.165, 1.54) is 12.1 Å². The lowest BCUT2D eigenvalue weighted by Crippen LogP contribution is -2.00. The largest absolute Gasteiger partial charge is 0.505 e. The number of carbonyl (C=O) groups excluding carboxylic acids is 1. The molecule has 1 aromatic carbocycles. The van der Waals surface area contributed by atoms with Crippen LogP contribution in [-0.2, 0) is 11.2 Å². The van der Waals surface area contributed by atoms with E-state index in [4.69, 9.17) is 5.11 Å². The molecule has 0 amide bonds. The van der Waals surface area contributed by atoms with Crippen molar-refractivity contribution in [2.24, 2.45) is 0 Å². The van der Waals surface area contributed by atoms with Crippen LogP contribution in [0.4, 0.5) is 4.39 Å². The number of halogens is 1. The zero-order valence-electron chi connectivity index (χ0n) is 7.38. The number of aromatic hydroxyl groups is 1. The Morgan fingerprint density at radius 3 is 2.77 bits per heavy atom. The number of carbonyl (C=O) groups is 1. The van der Waals surface area contributed by atoms with Crippen molar-refractivity contribution in [3.05, 3.63) is 29.6 Å². The molecule has 0 unspecified atom stereocenters. The first kappa shape index (κ1) is 9.71. The maximum absolute atomic E-state index is 12.8. The molecule has 70 valence electrons. The second-order valence-electron chi connectivity index (χ2n) is 2.85. The van der Waals surface area contributed by atoms with Crippen molar-refractivity contribution >= 4 is 5.78 Å². The van der Waals surface area contributed by atoms with Crippen LogP contribution in [0, 0.1) is 5.82 Å². The Labute approximate surface area is 76.0 Å². The van der Waals surface area contributed by atoms with Gasteiger partial charge in [0.2, 0.25) is 0 Å². The number of hydrogen-bond donors (Lipinski definition) is 1. The van der Waals surface area contributed by atoms with Crippen LogP contribution >= 0.6 is 0 Å². The van der Waals surface area contributed by atoms with Crippen molar-refractivity contribution in [3.63, 3.8) is 0 Å². The predicted molar refractivity (Wildman–Crippen MR) is 47.1 cm³/mol. The highest BCUT2D eigenvalue weighted by Gasteiger charge is 2.04. The lowest BCUT2D eigenvalue weighted by molar-refractivity contribution is -0.118. The summed E-state index contributed by atoms with van der Waals surface area (Å²) in [4.78, 5) is 11.0. The van der Waals surface area contributed by atoms with Crippen LogP contribution in [0.5, 0.6) is 5.75 Å². The Morgan fingerprint density at radius 1 is 1.54 bits per heavy atom. The van der Waals surface area contributed by atoms with Gasteiger partial charge >= 0.3 is 0 Å². The van der Waals surface area contributed by atoms with E-state index in [2.05, 4.69) is 0 Å². The van der Waals surface area contributed by atoms with Gasteiger partial charge in [0.1, 0.15) is 5.78 Å². The van der Waals surface area contributed by atoms with Gasteiger partial charge in [0.25, 0.3) is 0 Å². The van der Waals surface area contributed by atoms with Gasteiger partial charge in [-0.2, -0.15) is 0 Å². The predicted octanol–water partition coefficient (Wildman–Crippen LogP) is 2.05. The van der Waals surface area contributed by atoms with Gasteiger partial charge in [0, 0.05) is 12.8 Å². The number of hydrogen-bond acceptors (Lipinski definition) is 2. The van der Waals surface area contributed by atoms with Crippen molar-refractivity contribution in [1.82, 2.24) is 0 Å². The molecular formula is C10H11FO2. The minimum absolute atomic E-state index is 0.0603. The van der Waals surface area contributed by atoms with Crippen LogP contribution in [0.1, 0.15) is 18.9 Å². The molecule has 0 bridgehead atoms. The highest BCUT2D eigenvalue weighted by atomic mass is 19.1. The first-order chi connectivity index (χ1) is 6.13. The molecular weight excluding hydrogens is 171 g/mol. The Hall–Kier alpha value is -1.38. The third-order valence-electron chi connectivity index (χ3n) is 1.81. The van der Waals surface area contributed by atoms with Gasteiger partial charge in [0.05, 0.1) is 0 Å². The van der Waals surface area contributed by atoms with Gasteiger partial charge in [-0.15, -0.1) is 0 Å². The molecule has 13 heavy (non-hydrogen) atoms. The van der Waals surface area contributed by atoms with Crippen LogP contribution in [0.3, 0.4) is 0 Å². The van der Waals surface area contributed by atoms with Crippen molar-refractivity contribution in [1.29, 1.82) is 0 Å². The van der Waals surface area contributed by atoms with Crippen molar-refractivity contribution in [2.45, 2.75) is 19.8 Å². The van der Waals surface area contributed by atoms with E-state index in [1.54, 1.807) is 13.0 Å². The molecule has 1 aromatic rings. The van der Waals surface area contributed by atoms with Crippen molar-refractivity contribution in [2.75, 3.05) is 0 Å². The van der Waals surface area contributed by atoms with Gasteiger partial charge in [-0.25, -0.2) is 4.39 Å². The van der Waals surface area contributed by atoms with Gasteiger partial charge in [0.15, 0.2) is 11.6 Å². The Kier molecular flexibility index (Phi) is 3.01. The summed E-state index contributed by atoms with van der Waals surface area (Å²) in [6, 6.07) is 3.99. The average molecular weight is 182 g/mol. The van der Waals surface area contributed by atoms with E-state index >= 15 is 0 Å². The fourth-order valence-electron chi connectivity index (χ4n) is 1.01. The molecule has 0 radical (unpaired) electrons. The summed E-state index contributed by atoms with van der Waals surface area (Å²) in [5.74, 6) is -1.00. The van der Waals surface area contributed by atoms with Gasteiger partial charge < -0.3 is 5.11 Å². The Bertz CT molecular complexity index is 321. The minimum Gasteiger partial charge on any atom is -0.505 e. The molecule has 0 atom stereocenters. The highest BCUT2D eigenvalue weighted by molar-refractivity contribution is 5.80. The molecule has 1 rings (SSSR count). The normalized spacial score (nSPS) is 10.0. The maximum Gasteiger partial charge on any atom is 0.165 e. The van der Waals surface area contributed by atoms with E-state index in [-0.39, 0.29) is 18.0 Å². The fourth-order valence-corrected chi connectivity index (χ4v) is 1.01. The summed E-state index contributed by atoms with van der Waals surface area (Å²) in [5.41, 5.74) is 0.599. The third-order valence-corrected chi connectivity index (χ3v) is 1.81. The molecule has 2 nitrogen and oxygen atoms in total.